The molecular formula is C13H22N4O3S. The molecule has 21 heavy (non-hydrogen) atoms. The quantitative estimate of drug-likeness (QED) is 0.805. The number of aromatic nitrogens is 2. The third-order valence-electron chi connectivity index (χ3n) is 3.77. The standard InChI is InChI=1S/C13H22N4O3S/c1-3-4-11-7-17(21(2,19)20)8-12(11)15-13(18)9-16-6-5-14-10-16/h5-6,10-12H,3-4,7-9H2,1-2H3,(H,15,18)/t11-,12-/m0/s1. The smallest absolute Gasteiger partial charge is 0.240 e. The van der Waals surface area contributed by atoms with Crippen molar-refractivity contribution in [2.45, 2.75) is 32.4 Å². The summed E-state index contributed by atoms with van der Waals surface area (Å²) in [5.41, 5.74) is 0. The van der Waals surface area contributed by atoms with E-state index in [2.05, 4.69) is 17.2 Å². The number of carbonyl (C=O) groups excluding carboxylic acids is 1. The third kappa shape index (κ3) is 4.28. The number of hydrogen-bond donors (Lipinski definition) is 1. The number of imidazole rings is 1. The Bertz CT molecular complexity index is 570. The van der Waals surface area contributed by atoms with E-state index < -0.39 is 10.0 Å². The Kier molecular flexibility index (Phi) is 5.00. The minimum absolute atomic E-state index is 0.115. The molecule has 8 heteroatoms. The van der Waals surface area contributed by atoms with E-state index in [0.29, 0.717) is 13.1 Å². The van der Waals surface area contributed by atoms with Crippen molar-refractivity contribution < 1.29 is 13.2 Å². The highest BCUT2D eigenvalue weighted by Gasteiger charge is 2.37. The van der Waals surface area contributed by atoms with Crippen molar-refractivity contribution in [2.75, 3.05) is 19.3 Å². The van der Waals surface area contributed by atoms with Crippen LogP contribution in [0.3, 0.4) is 0 Å². The lowest BCUT2D eigenvalue weighted by Crippen LogP contribution is -2.42. The van der Waals surface area contributed by atoms with Gasteiger partial charge in [0, 0.05) is 31.5 Å². The van der Waals surface area contributed by atoms with E-state index in [1.54, 1.807) is 23.3 Å². The molecule has 1 aliphatic rings. The molecule has 2 heterocycles. The van der Waals surface area contributed by atoms with Crippen LogP contribution in [-0.4, -0.2) is 53.6 Å². The zero-order chi connectivity index (χ0) is 15.5. The number of hydrogen-bond acceptors (Lipinski definition) is 4. The van der Waals surface area contributed by atoms with Crippen LogP contribution in [0.2, 0.25) is 0 Å². The molecular weight excluding hydrogens is 292 g/mol. The lowest BCUT2D eigenvalue weighted by molar-refractivity contribution is -0.122. The van der Waals surface area contributed by atoms with Crippen LogP contribution < -0.4 is 5.32 Å². The highest BCUT2D eigenvalue weighted by atomic mass is 32.2. The van der Waals surface area contributed by atoms with Crippen molar-refractivity contribution in [2.24, 2.45) is 5.92 Å². The number of rotatable bonds is 6. The molecule has 1 amide bonds. The van der Waals surface area contributed by atoms with Crippen LogP contribution >= 0.6 is 0 Å². The van der Waals surface area contributed by atoms with Gasteiger partial charge in [0.2, 0.25) is 15.9 Å². The zero-order valence-corrected chi connectivity index (χ0v) is 13.2. The van der Waals surface area contributed by atoms with Crippen molar-refractivity contribution in [3.05, 3.63) is 18.7 Å². The molecule has 0 aliphatic carbocycles. The van der Waals surface area contributed by atoms with Crippen molar-refractivity contribution >= 4 is 15.9 Å². The van der Waals surface area contributed by atoms with Gasteiger partial charge in [-0.2, -0.15) is 4.31 Å². The van der Waals surface area contributed by atoms with Crippen molar-refractivity contribution in [3.63, 3.8) is 0 Å². The predicted molar refractivity (Wildman–Crippen MR) is 79.0 cm³/mol. The van der Waals surface area contributed by atoms with Gasteiger partial charge in [-0.3, -0.25) is 4.79 Å². The first-order valence-corrected chi connectivity index (χ1v) is 8.95. The highest BCUT2D eigenvalue weighted by Crippen LogP contribution is 2.23. The first kappa shape index (κ1) is 16.0. The summed E-state index contributed by atoms with van der Waals surface area (Å²) in [6.45, 7) is 3.11. The van der Waals surface area contributed by atoms with Crippen molar-refractivity contribution in [1.82, 2.24) is 19.2 Å². The lowest BCUT2D eigenvalue weighted by Gasteiger charge is -2.19. The molecule has 7 nitrogen and oxygen atoms in total. The van der Waals surface area contributed by atoms with Crippen LogP contribution in [0.5, 0.6) is 0 Å². The van der Waals surface area contributed by atoms with E-state index >= 15 is 0 Å². The molecule has 0 spiro atoms. The summed E-state index contributed by atoms with van der Waals surface area (Å²) in [5, 5.41) is 2.96. The van der Waals surface area contributed by atoms with Gasteiger partial charge in [0.1, 0.15) is 6.54 Å². The molecule has 2 rings (SSSR count). The molecule has 118 valence electrons. The maximum absolute atomic E-state index is 12.0. The fourth-order valence-electron chi connectivity index (χ4n) is 2.73. The Labute approximate surface area is 125 Å². The topological polar surface area (TPSA) is 84.3 Å². The van der Waals surface area contributed by atoms with Gasteiger partial charge in [0.15, 0.2) is 0 Å². The van der Waals surface area contributed by atoms with Crippen LogP contribution in [0.4, 0.5) is 0 Å². The second-order valence-electron chi connectivity index (χ2n) is 5.54. The maximum Gasteiger partial charge on any atom is 0.240 e. The Hall–Kier alpha value is -1.41. The minimum atomic E-state index is -3.21. The fraction of sp³-hybridized carbons (Fsp3) is 0.692. The summed E-state index contributed by atoms with van der Waals surface area (Å²) in [4.78, 5) is 15.9. The molecule has 0 bridgehead atoms. The average Bonchev–Trinajstić information content (AvgIpc) is 2.99. The van der Waals surface area contributed by atoms with E-state index in [-0.39, 0.29) is 24.4 Å². The van der Waals surface area contributed by atoms with Gasteiger partial charge >= 0.3 is 0 Å². The monoisotopic (exact) mass is 314 g/mol. The zero-order valence-electron chi connectivity index (χ0n) is 12.4. The van der Waals surface area contributed by atoms with Crippen LogP contribution in [0.25, 0.3) is 0 Å². The molecule has 0 radical (unpaired) electrons. The van der Waals surface area contributed by atoms with Gasteiger partial charge in [0.25, 0.3) is 0 Å². The number of nitrogens with one attached hydrogen (secondary N) is 1. The molecule has 2 atom stereocenters. The number of nitrogens with zero attached hydrogens (tertiary/aromatic N) is 3. The number of amides is 1. The molecule has 0 saturated carbocycles. The maximum atomic E-state index is 12.0. The van der Waals surface area contributed by atoms with E-state index in [4.69, 9.17) is 0 Å². The largest absolute Gasteiger partial charge is 0.350 e. The van der Waals surface area contributed by atoms with Gasteiger partial charge in [-0.05, 0) is 12.3 Å². The van der Waals surface area contributed by atoms with Crippen LogP contribution in [0, 0.1) is 5.92 Å². The second-order valence-corrected chi connectivity index (χ2v) is 7.52. The molecule has 1 aliphatic heterocycles. The van der Waals surface area contributed by atoms with E-state index in [9.17, 15) is 13.2 Å². The fourth-order valence-corrected chi connectivity index (χ4v) is 3.62. The molecule has 1 aromatic heterocycles. The van der Waals surface area contributed by atoms with Gasteiger partial charge in [0.05, 0.1) is 12.6 Å². The molecule has 0 unspecified atom stereocenters. The first-order valence-electron chi connectivity index (χ1n) is 7.10. The summed E-state index contributed by atoms with van der Waals surface area (Å²) >= 11 is 0. The second kappa shape index (κ2) is 6.57. The average molecular weight is 314 g/mol. The minimum Gasteiger partial charge on any atom is -0.350 e. The van der Waals surface area contributed by atoms with Crippen LogP contribution in [0.15, 0.2) is 18.7 Å². The number of carbonyl (C=O) groups is 1. The Morgan fingerprint density at radius 2 is 2.19 bits per heavy atom. The van der Waals surface area contributed by atoms with E-state index in [1.807, 2.05) is 0 Å². The van der Waals surface area contributed by atoms with Gasteiger partial charge in [-0.15, -0.1) is 0 Å². The first-order chi connectivity index (χ1) is 9.90. The molecule has 1 N–H and O–H groups in total. The summed E-state index contributed by atoms with van der Waals surface area (Å²) in [5.74, 6) is 0.0610. The summed E-state index contributed by atoms with van der Waals surface area (Å²) in [6, 6.07) is -0.115. The van der Waals surface area contributed by atoms with Crippen LogP contribution in [-0.2, 0) is 21.4 Å². The SMILES string of the molecule is CCC[C@H]1CN(S(C)(=O)=O)C[C@@H]1NC(=O)Cn1ccnc1. The van der Waals surface area contributed by atoms with E-state index in [1.165, 1.54) is 10.6 Å². The molecule has 1 aromatic rings. The highest BCUT2D eigenvalue weighted by molar-refractivity contribution is 7.88. The summed E-state index contributed by atoms with van der Waals surface area (Å²) in [7, 11) is -3.21. The van der Waals surface area contributed by atoms with E-state index in [0.717, 1.165) is 12.8 Å². The predicted octanol–water partition coefficient (Wildman–Crippen LogP) is 0.0594. The van der Waals surface area contributed by atoms with Crippen LogP contribution in [0.1, 0.15) is 19.8 Å². The summed E-state index contributed by atoms with van der Waals surface area (Å²) in [6.07, 6.45) is 8.01. The third-order valence-corrected chi connectivity index (χ3v) is 5.00. The Balaban J connectivity index is 1.97. The normalized spacial score (nSPS) is 23.3. The van der Waals surface area contributed by atoms with Gasteiger partial charge < -0.3 is 9.88 Å². The lowest BCUT2D eigenvalue weighted by atomic mass is 9.98. The Morgan fingerprint density at radius 3 is 2.76 bits per heavy atom. The summed E-state index contributed by atoms with van der Waals surface area (Å²) < 4.78 is 26.5. The van der Waals surface area contributed by atoms with Gasteiger partial charge in [-0.25, -0.2) is 13.4 Å². The van der Waals surface area contributed by atoms with Gasteiger partial charge in [-0.1, -0.05) is 13.3 Å². The van der Waals surface area contributed by atoms with Crippen molar-refractivity contribution in [3.8, 4) is 0 Å². The molecule has 0 aromatic carbocycles. The van der Waals surface area contributed by atoms with Crippen molar-refractivity contribution in [1.29, 1.82) is 0 Å². The molecule has 1 saturated heterocycles. The Morgan fingerprint density at radius 1 is 1.43 bits per heavy atom. The number of sulfonamides is 1. The molecule has 1 fully saturated rings.